The maximum atomic E-state index is 11.9. The summed E-state index contributed by atoms with van der Waals surface area (Å²) in [6.45, 7) is 3.72. The minimum absolute atomic E-state index is 0.217. The van der Waals surface area contributed by atoms with E-state index in [1.165, 1.54) is 0 Å². The van der Waals surface area contributed by atoms with E-state index in [-0.39, 0.29) is 11.8 Å². The number of nitrogens with zero attached hydrogens (tertiary/aromatic N) is 1. The number of rotatable bonds is 4. The molecule has 0 radical (unpaired) electrons. The molecular formula is C13H17N3O. The highest BCUT2D eigenvalue weighted by atomic mass is 16.2. The number of hydrogen-bond donors (Lipinski definition) is 2. The van der Waals surface area contributed by atoms with Gasteiger partial charge >= 0.3 is 0 Å². The third-order valence-corrected chi connectivity index (χ3v) is 2.63. The van der Waals surface area contributed by atoms with Crippen molar-refractivity contribution in [2.75, 3.05) is 6.54 Å². The fourth-order valence-corrected chi connectivity index (χ4v) is 1.39. The summed E-state index contributed by atoms with van der Waals surface area (Å²) >= 11 is 0. The number of hydrogen-bond acceptors (Lipinski definition) is 3. The van der Waals surface area contributed by atoms with Crippen molar-refractivity contribution in [1.82, 2.24) is 5.32 Å². The molecule has 0 aliphatic rings. The SMILES string of the molecule is CC(C#N)CNC(=O)C(C)(N)c1ccccc1. The predicted molar refractivity (Wildman–Crippen MR) is 65.8 cm³/mol. The Bertz CT molecular complexity index is 420. The summed E-state index contributed by atoms with van der Waals surface area (Å²) in [6, 6.07) is 11.2. The van der Waals surface area contributed by atoms with E-state index in [4.69, 9.17) is 11.0 Å². The summed E-state index contributed by atoms with van der Waals surface area (Å²) in [7, 11) is 0. The topological polar surface area (TPSA) is 78.9 Å². The molecule has 1 aromatic carbocycles. The van der Waals surface area contributed by atoms with E-state index in [2.05, 4.69) is 11.4 Å². The summed E-state index contributed by atoms with van der Waals surface area (Å²) in [4.78, 5) is 11.9. The van der Waals surface area contributed by atoms with Gasteiger partial charge in [-0.25, -0.2) is 0 Å². The van der Waals surface area contributed by atoms with Crippen molar-refractivity contribution in [3.05, 3.63) is 35.9 Å². The monoisotopic (exact) mass is 231 g/mol. The van der Waals surface area contributed by atoms with Gasteiger partial charge in [-0.3, -0.25) is 4.79 Å². The smallest absolute Gasteiger partial charge is 0.244 e. The molecule has 2 atom stereocenters. The first-order valence-corrected chi connectivity index (χ1v) is 5.50. The molecule has 3 N–H and O–H groups in total. The molecular weight excluding hydrogens is 214 g/mol. The van der Waals surface area contributed by atoms with Gasteiger partial charge in [-0.2, -0.15) is 5.26 Å². The lowest BCUT2D eigenvalue weighted by atomic mass is 9.92. The molecule has 4 heteroatoms. The lowest BCUT2D eigenvalue weighted by molar-refractivity contribution is -0.126. The van der Waals surface area contributed by atoms with Crippen molar-refractivity contribution in [3.63, 3.8) is 0 Å². The Labute approximate surface area is 101 Å². The van der Waals surface area contributed by atoms with Gasteiger partial charge in [0.2, 0.25) is 5.91 Å². The van der Waals surface area contributed by atoms with E-state index >= 15 is 0 Å². The highest BCUT2D eigenvalue weighted by Gasteiger charge is 2.30. The van der Waals surface area contributed by atoms with Gasteiger partial charge in [0.25, 0.3) is 0 Å². The van der Waals surface area contributed by atoms with Crippen LogP contribution in [-0.2, 0) is 10.3 Å². The Balaban J connectivity index is 2.72. The van der Waals surface area contributed by atoms with Crippen LogP contribution in [-0.4, -0.2) is 12.5 Å². The number of nitriles is 1. The van der Waals surface area contributed by atoms with Gasteiger partial charge in [-0.1, -0.05) is 30.3 Å². The molecule has 2 unspecified atom stereocenters. The highest BCUT2D eigenvalue weighted by Crippen LogP contribution is 2.17. The Morgan fingerprint density at radius 1 is 1.53 bits per heavy atom. The number of benzene rings is 1. The first-order chi connectivity index (χ1) is 7.98. The largest absolute Gasteiger partial charge is 0.353 e. The summed E-state index contributed by atoms with van der Waals surface area (Å²) in [5.41, 5.74) is 5.69. The maximum absolute atomic E-state index is 11.9. The Morgan fingerprint density at radius 3 is 2.65 bits per heavy atom. The Kier molecular flexibility index (Phi) is 4.24. The molecule has 1 amide bonds. The van der Waals surface area contributed by atoms with Gasteiger partial charge in [0, 0.05) is 6.54 Å². The van der Waals surface area contributed by atoms with Crippen LogP contribution in [0.1, 0.15) is 19.4 Å². The molecule has 0 aliphatic carbocycles. The minimum atomic E-state index is -1.07. The van der Waals surface area contributed by atoms with E-state index in [1.54, 1.807) is 13.8 Å². The average Bonchev–Trinajstić information content (AvgIpc) is 2.36. The Morgan fingerprint density at radius 2 is 2.12 bits per heavy atom. The molecule has 0 aliphatic heterocycles. The molecule has 0 fully saturated rings. The molecule has 90 valence electrons. The van der Waals surface area contributed by atoms with Gasteiger partial charge < -0.3 is 11.1 Å². The number of nitrogens with two attached hydrogens (primary N) is 1. The zero-order valence-electron chi connectivity index (χ0n) is 10.1. The quantitative estimate of drug-likeness (QED) is 0.815. The van der Waals surface area contributed by atoms with Crippen LogP contribution in [0.25, 0.3) is 0 Å². The van der Waals surface area contributed by atoms with Crippen LogP contribution in [0.4, 0.5) is 0 Å². The number of nitrogens with one attached hydrogen (secondary N) is 1. The standard InChI is InChI=1S/C13H17N3O/c1-10(8-14)9-16-12(17)13(2,15)11-6-4-3-5-7-11/h3-7,10H,9,15H2,1-2H3,(H,16,17). The van der Waals surface area contributed by atoms with Crippen LogP contribution in [0.2, 0.25) is 0 Å². The molecule has 1 rings (SSSR count). The molecule has 0 aromatic heterocycles. The van der Waals surface area contributed by atoms with Crippen molar-refractivity contribution in [2.45, 2.75) is 19.4 Å². The van der Waals surface area contributed by atoms with Crippen molar-refractivity contribution in [3.8, 4) is 6.07 Å². The normalized spacial score (nSPS) is 15.4. The molecule has 0 bridgehead atoms. The van der Waals surface area contributed by atoms with E-state index in [9.17, 15) is 4.79 Å². The molecule has 1 aromatic rings. The third kappa shape index (κ3) is 3.30. The van der Waals surface area contributed by atoms with Crippen molar-refractivity contribution < 1.29 is 4.79 Å². The third-order valence-electron chi connectivity index (χ3n) is 2.63. The molecule has 17 heavy (non-hydrogen) atoms. The van der Waals surface area contributed by atoms with E-state index in [0.29, 0.717) is 6.54 Å². The van der Waals surface area contributed by atoms with Gasteiger partial charge in [0.1, 0.15) is 5.54 Å². The number of carbonyl (C=O) groups is 1. The molecule has 0 heterocycles. The lowest BCUT2D eigenvalue weighted by Crippen LogP contribution is -2.49. The average molecular weight is 231 g/mol. The summed E-state index contributed by atoms with van der Waals surface area (Å²) in [5.74, 6) is -0.490. The van der Waals surface area contributed by atoms with Crippen LogP contribution < -0.4 is 11.1 Å². The summed E-state index contributed by atoms with van der Waals surface area (Å²) in [5, 5.41) is 11.3. The number of amides is 1. The van der Waals surface area contributed by atoms with Gasteiger partial charge in [0.15, 0.2) is 0 Å². The zero-order valence-corrected chi connectivity index (χ0v) is 10.1. The molecule has 4 nitrogen and oxygen atoms in total. The van der Waals surface area contributed by atoms with E-state index in [1.807, 2.05) is 30.3 Å². The van der Waals surface area contributed by atoms with Crippen molar-refractivity contribution in [2.24, 2.45) is 11.7 Å². The summed E-state index contributed by atoms with van der Waals surface area (Å²) < 4.78 is 0. The second-order valence-corrected chi connectivity index (χ2v) is 4.31. The molecule has 0 saturated heterocycles. The highest BCUT2D eigenvalue weighted by molar-refractivity contribution is 5.86. The fourth-order valence-electron chi connectivity index (χ4n) is 1.39. The van der Waals surface area contributed by atoms with Crippen molar-refractivity contribution >= 4 is 5.91 Å². The zero-order chi connectivity index (χ0) is 12.9. The second-order valence-electron chi connectivity index (χ2n) is 4.31. The first kappa shape index (κ1) is 13.2. The maximum Gasteiger partial charge on any atom is 0.244 e. The fraction of sp³-hybridized carbons (Fsp3) is 0.385. The first-order valence-electron chi connectivity index (χ1n) is 5.50. The molecule has 0 spiro atoms. The predicted octanol–water partition coefficient (Wildman–Crippen LogP) is 1.14. The van der Waals surface area contributed by atoms with Crippen LogP contribution in [0.15, 0.2) is 30.3 Å². The lowest BCUT2D eigenvalue weighted by Gasteiger charge is -2.24. The van der Waals surface area contributed by atoms with Crippen LogP contribution in [0.3, 0.4) is 0 Å². The van der Waals surface area contributed by atoms with Crippen LogP contribution >= 0.6 is 0 Å². The minimum Gasteiger partial charge on any atom is -0.353 e. The van der Waals surface area contributed by atoms with Gasteiger partial charge in [-0.15, -0.1) is 0 Å². The van der Waals surface area contributed by atoms with Gasteiger partial charge in [-0.05, 0) is 19.4 Å². The van der Waals surface area contributed by atoms with Gasteiger partial charge in [0.05, 0.1) is 12.0 Å². The van der Waals surface area contributed by atoms with Crippen LogP contribution in [0.5, 0.6) is 0 Å². The summed E-state index contributed by atoms with van der Waals surface area (Å²) in [6.07, 6.45) is 0. The second kappa shape index (κ2) is 5.46. The van der Waals surface area contributed by atoms with E-state index in [0.717, 1.165) is 5.56 Å². The molecule has 0 saturated carbocycles. The number of carbonyl (C=O) groups excluding carboxylic acids is 1. The van der Waals surface area contributed by atoms with Crippen molar-refractivity contribution in [1.29, 1.82) is 5.26 Å². The van der Waals surface area contributed by atoms with E-state index < -0.39 is 5.54 Å². The van der Waals surface area contributed by atoms with Crippen LogP contribution in [0, 0.1) is 17.2 Å². The Hall–Kier alpha value is -1.86.